The van der Waals surface area contributed by atoms with E-state index in [9.17, 15) is 0 Å². The molecule has 0 aliphatic rings. The zero-order valence-corrected chi connectivity index (χ0v) is 31.6. The third-order valence-electron chi connectivity index (χ3n) is 10.7. The standard InChI is InChI=1S/C54H36N4/c1-3-12-37(13-4-1)43-16-11-17-44(34-43)52-35-53(58-54(57-52)42-14-5-2-6-15-42)49-31-30-46(47-18-7-8-19-48(47)49)41-27-25-39(26-28-41)38-21-23-40(24-22-38)45-29-32-51(56-36-45)50-20-9-10-33-55-50/h1-36H. The second kappa shape index (κ2) is 15.4. The van der Waals surface area contributed by atoms with Crippen LogP contribution in [0.15, 0.2) is 219 Å². The van der Waals surface area contributed by atoms with Crippen molar-refractivity contribution in [2.75, 3.05) is 0 Å². The van der Waals surface area contributed by atoms with Crippen molar-refractivity contribution in [2.24, 2.45) is 0 Å². The minimum absolute atomic E-state index is 0.699. The summed E-state index contributed by atoms with van der Waals surface area (Å²) in [6.45, 7) is 0. The van der Waals surface area contributed by atoms with Crippen LogP contribution < -0.4 is 0 Å². The van der Waals surface area contributed by atoms with E-state index in [-0.39, 0.29) is 0 Å². The Morgan fingerprint density at radius 1 is 0.259 bits per heavy atom. The van der Waals surface area contributed by atoms with Gasteiger partial charge in [0, 0.05) is 34.6 Å². The quantitative estimate of drug-likeness (QED) is 0.156. The molecule has 0 atom stereocenters. The summed E-state index contributed by atoms with van der Waals surface area (Å²) in [5.41, 5.74) is 15.8. The molecule has 0 aliphatic heterocycles. The van der Waals surface area contributed by atoms with Crippen molar-refractivity contribution in [3.05, 3.63) is 219 Å². The highest BCUT2D eigenvalue weighted by molar-refractivity contribution is 6.05. The lowest BCUT2D eigenvalue weighted by molar-refractivity contribution is 1.18. The van der Waals surface area contributed by atoms with E-state index in [0.29, 0.717) is 5.82 Å². The fraction of sp³-hybridized carbons (Fsp3) is 0. The summed E-state index contributed by atoms with van der Waals surface area (Å²) < 4.78 is 0. The highest BCUT2D eigenvalue weighted by Crippen LogP contribution is 2.38. The average molecular weight is 741 g/mol. The summed E-state index contributed by atoms with van der Waals surface area (Å²) in [5.74, 6) is 0.699. The van der Waals surface area contributed by atoms with Crippen LogP contribution >= 0.6 is 0 Å². The maximum atomic E-state index is 5.20. The first-order valence-corrected chi connectivity index (χ1v) is 19.4. The molecule has 0 N–H and O–H groups in total. The largest absolute Gasteiger partial charge is 0.255 e. The topological polar surface area (TPSA) is 51.6 Å². The molecule has 3 aromatic heterocycles. The van der Waals surface area contributed by atoms with Crippen LogP contribution in [0.25, 0.3) is 101 Å². The third-order valence-corrected chi connectivity index (χ3v) is 10.7. The molecular weight excluding hydrogens is 705 g/mol. The molecule has 0 bridgehead atoms. The maximum Gasteiger partial charge on any atom is 0.160 e. The molecular formula is C54H36N4. The average Bonchev–Trinajstić information content (AvgIpc) is 3.32. The molecule has 10 aromatic rings. The molecule has 3 heterocycles. The molecule has 0 saturated heterocycles. The van der Waals surface area contributed by atoms with Gasteiger partial charge in [0.1, 0.15) is 0 Å². The van der Waals surface area contributed by atoms with E-state index in [4.69, 9.17) is 9.97 Å². The second-order valence-corrected chi connectivity index (χ2v) is 14.3. The fourth-order valence-electron chi connectivity index (χ4n) is 7.64. The van der Waals surface area contributed by atoms with Gasteiger partial charge in [-0.3, -0.25) is 9.97 Å². The predicted octanol–water partition coefficient (Wildman–Crippen LogP) is 13.8. The highest BCUT2D eigenvalue weighted by atomic mass is 14.9. The molecule has 4 heteroatoms. The van der Waals surface area contributed by atoms with Crippen LogP contribution in [0.1, 0.15) is 0 Å². The fourth-order valence-corrected chi connectivity index (χ4v) is 7.64. The number of rotatable bonds is 8. The van der Waals surface area contributed by atoms with Gasteiger partial charge in [-0.1, -0.05) is 176 Å². The minimum atomic E-state index is 0.699. The Labute approximate surface area is 337 Å². The molecule has 272 valence electrons. The van der Waals surface area contributed by atoms with Gasteiger partial charge in [0.25, 0.3) is 0 Å². The molecule has 0 unspecified atom stereocenters. The first-order chi connectivity index (χ1) is 28.7. The first kappa shape index (κ1) is 34.7. The maximum absolute atomic E-state index is 5.20. The van der Waals surface area contributed by atoms with Gasteiger partial charge in [0.05, 0.1) is 22.8 Å². The lowest BCUT2D eigenvalue weighted by Crippen LogP contribution is -1.97. The number of aromatic nitrogens is 4. The van der Waals surface area contributed by atoms with Gasteiger partial charge in [-0.15, -0.1) is 0 Å². The van der Waals surface area contributed by atoms with Crippen LogP contribution in [0.5, 0.6) is 0 Å². The molecule has 0 aliphatic carbocycles. The summed E-state index contributed by atoms with van der Waals surface area (Å²) in [6.07, 6.45) is 3.71. The summed E-state index contributed by atoms with van der Waals surface area (Å²) in [4.78, 5) is 19.4. The van der Waals surface area contributed by atoms with Gasteiger partial charge >= 0.3 is 0 Å². The van der Waals surface area contributed by atoms with E-state index in [1.165, 1.54) is 16.5 Å². The predicted molar refractivity (Wildman–Crippen MR) is 239 cm³/mol. The summed E-state index contributed by atoms with van der Waals surface area (Å²) in [7, 11) is 0. The molecule has 58 heavy (non-hydrogen) atoms. The second-order valence-electron chi connectivity index (χ2n) is 14.3. The Balaban J connectivity index is 0.971. The number of benzene rings is 7. The van der Waals surface area contributed by atoms with Crippen molar-refractivity contribution < 1.29 is 0 Å². The smallest absolute Gasteiger partial charge is 0.160 e. The van der Waals surface area contributed by atoms with Gasteiger partial charge in [0.2, 0.25) is 0 Å². The number of pyridine rings is 2. The summed E-state index contributed by atoms with van der Waals surface area (Å²) in [5, 5.41) is 2.32. The van der Waals surface area contributed by atoms with Gasteiger partial charge in [-0.25, -0.2) is 9.97 Å². The lowest BCUT2D eigenvalue weighted by Gasteiger charge is -2.14. The van der Waals surface area contributed by atoms with Crippen molar-refractivity contribution in [3.63, 3.8) is 0 Å². The van der Waals surface area contributed by atoms with Crippen molar-refractivity contribution >= 4 is 10.8 Å². The Bertz CT molecular complexity index is 3000. The molecule has 0 amide bonds. The molecule has 0 saturated carbocycles. The van der Waals surface area contributed by atoms with E-state index < -0.39 is 0 Å². The van der Waals surface area contributed by atoms with Gasteiger partial charge in [0.15, 0.2) is 5.82 Å². The van der Waals surface area contributed by atoms with Crippen LogP contribution in [0, 0.1) is 0 Å². The SMILES string of the molecule is c1ccc(-c2cccc(-c3cc(-c4ccc(-c5ccc(-c6ccc(-c7ccc(-c8ccccn8)nc7)cc6)cc5)c5ccccc45)nc(-c4ccccc4)n3)c2)cc1. The van der Waals surface area contributed by atoms with Gasteiger partial charge in [-0.2, -0.15) is 0 Å². The van der Waals surface area contributed by atoms with Gasteiger partial charge < -0.3 is 0 Å². The zero-order valence-electron chi connectivity index (χ0n) is 31.6. The Morgan fingerprint density at radius 3 is 1.45 bits per heavy atom. The monoisotopic (exact) mass is 740 g/mol. The third kappa shape index (κ3) is 6.95. The molecule has 0 radical (unpaired) electrons. The number of hydrogen-bond acceptors (Lipinski definition) is 4. The zero-order chi connectivity index (χ0) is 38.7. The van der Waals surface area contributed by atoms with Crippen LogP contribution in [0.3, 0.4) is 0 Å². The Kier molecular flexibility index (Phi) is 9.18. The van der Waals surface area contributed by atoms with Crippen LogP contribution in [0.4, 0.5) is 0 Å². The molecule has 4 nitrogen and oxygen atoms in total. The molecule has 7 aromatic carbocycles. The van der Waals surface area contributed by atoms with E-state index >= 15 is 0 Å². The normalized spacial score (nSPS) is 11.1. The first-order valence-electron chi connectivity index (χ1n) is 19.4. The van der Waals surface area contributed by atoms with E-state index in [1.807, 2.05) is 54.7 Å². The minimum Gasteiger partial charge on any atom is -0.255 e. The Hall–Kier alpha value is -7.82. The Morgan fingerprint density at radius 2 is 0.776 bits per heavy atom. The van der Waals surface area contributed by atoms with E-state index in [2.05, 4.69) is 168 Å². The van der Waals surface area contributed by atoms with E-state index in [1.54, 1.807) is 6.20 Å². The van der Waals surface area contributed by atoms with Crippen LogP contribution in [0.2, 0.25) is 0 Å². The molecule has 0 fully saturated rings. The summed E-state index contributed by atoms with van der Waals surface area (Å²) >= 11 is 0. The van der Waals surface area contributed by atoms with Crippen molar-refractivity contribution in [3.8, 4) is 89.8 Å². The van der Waals surface area contributed by atoms with Crippen LogP contribution in [-0.4, -0.2) is 19.9 Å². The number of hydrogen-bond donors (Lipinski definition) is 0. The molecule has 10 rings (SSSR count). The summed E-state index contributed by atoms with van der Waals surface area (Å²) in [6, 6.07) is 72.1. The lowest BCUT2D eigenvalue weighted by atomic mass is 9.92. The van der Waals surface area contributed by atoms with Crippen molar-refractivity contribution in [2.45, 2.75) is 0 Å². The van der Waals surface area contributed by atoms with Crippen molar-refractivity contribution in [1.82, 2.24) is 19.9 Å². The van der Waals surface area contributed by atoms with Crippen LogP contribution in [-0.2, 0) is 0 Å². The highest BCUT2D eigenvalue weighted by Gasteiger charge is 2.15. The molecule has 0 spiro atoms. The number of nitrogens with zero attached hydrogens (tertiary/aromatic N) is 4. The van der Waals surface area contributed by atoms with E-state index in [0.717, 1.165) is 78.2 Å². The van der Waals surface area contributed by atoms with Crippen molar-refractivity contribution in [1.29, 1.82) is 0 Å². The van der Waals surface area contributed by atoms with Gasteiger partial charge in [-0.05, 0) is 80.0 Å². The number of fused-ring (bicyclic) bond motifs is 1.